The first-order chi connectivity index (χ1) is 6.80. The zero-order valence-electron chi connectivity index (χ0n) is 7.97. The van der Waals surface area contributed by atoms with Crippen LogP contribution in [0.25, 0.3) is 0 Å². The van der Waals surface area contributed by atoms with Gasteiger partial charge >= 0.3 is 0 Å². The fourth-order valence-corrected chi connectivity index (χ4v) is 0.996. The lowest BCUT2D eigenvalue weighted by Crippen LogP contribution is -2.27. The number of aromatic nitrogens is 1. The molecule has 0 amide bonds. The number of aliphatic hydroxyl groups is 2. The van der Waals surface area contributed by atoms with E-state index in [-0.39, 0.29) is 19.3 Å². The van der Waals surface area contributed by atoms with E-state index in [0.29, 0.717) is 5.88 Å². The Morgan fingerprint density at radius 3 is 2.79 bits per heavy atom. The maximum Gasteiger partial charge on any atom is 0.214 e. The van der Waals surface area contributed by atoms with Gasteiger partial charge in [-0.2, -0.15) is 0 Å². The highest BCUT2D eigenvalue weighted by atomic mass is 16.5. The third-order valence-corrected chi connectivity index (χ3v) is 1.76. The van der Waals surface area contributed by atoms with E-state index >= 15 is 0 Å². The molecule has 0 atom stereocenters. The second-order valence-electron chi connectivity index (χ2n) is 2.79. The van der Waals surface area contributed by atoms with E-state index in [0.717, 1.165) is 5.69 Å². The van der Waals surface area contributed by atoms with Crippen LogP contribution in [-0.2, 0) is 0 Å². The number of rotatable bonds is 5. The minimum absolute atomic E-state index is 0.124. The summed E-state index contributed by atoms with van der Waals surface area (Å²) in [5.41, 5.74) is 0.755. The number of ether oxygens (including phenoxy) is 1. The number of anilines is 1. The first kappa shape index (κ1) is 10.7. The molecule has 1 rings (SSSR count). The molecule has 0 radical (unpaired) electrons. The molecule has 1 aromatic rings. The van der Waals surface area contributed by atoms with Crippen molar-refractivity contribution >= 4 is 5.69 Å². The van der Waals surface area contributed by atoms with Crippen molar-refractivity contribution in [2.24, 2.45) is 0 Å². The standard InChI is InChI=1S/C9H14N2O3/c1-14-9-4-7(2-3-10-9)11-8(5-12)6-13/h2-4,8,12-13H,5-6H2,1H3,(H,10,11). The van der Waals surface area contributed by atoms with Crippen molar-refractivity contribution in [3.05, 3.63) is 18.3 Å². The summed E-state index contributed by atoms with van der Waals surface area (Å²) in [5.74, 6) is 0.490. The number of pyridine rings is 1. The Hall–Kier alpha value is -1.33. The van der Waals surface area contributed by atoms with Crippen molar-refractivity contribution in [1.29, 1.82) is 0 Å². The van der Waals surface area contributed by atoms with E-state index in [1.165, 1.54) is 7.11 Å². The molecule has 0 aromatic carbocycles. The molecule has 1 heterocycles. The quantitative estimate of drug-likeness (QED) is 0.613. The molecule has 0 spiro atoms. The molecule has 0 aliphatic rings. The monoisotopic (exact) mass is 198 g/mol. The topological polar surface area (TPSA) is 74.6 Å². The number of nitrogens with one attached hydrogen (secondary N) is 1. The van der Waals surface area contributed by atoms with Gasteiger partial charge in [0.05, 0.1) is 26.4 Å². The molecule has 78 valence electrons. The van der Waals surface area contributed by atoms with Crippen LogP contribution in [0.2, 0.25) is 0 Å². The van der Waals surface area contributed by atoms with Gasteiger partial charge in [0, 0.05) is 18.0 Å². The molecule has 0 saturated heterocycles. The van der Waals surface area contributed by atoms with Gasteiger partial charge in [0.1, 0.15) is 0 Å². The van der Waals surface area contributed by atoms with Crippen molar-refractivity contribution in [2.45, 2.75) is 6.04 Å². The number of methoxy groups -OCH3 is 1. The van der Waals surface area contributed by atoms with Crippen molar-refractivity contribution in [1.82, 2.24) is 4.98 Å². The Morgan fingerprint density at radius 2 is 2.21 bits per heavy atom. The summed E-state index contributed by atoms with van der Waals surface area (Å²) in [4.78, 5) is 3.93. The van der Waals surface area contributed by atoms with Crippen LogP contribution >= 0.6 is 0 Å². The van der Waals surface area contributed by atoms with Crippen LogP contribution in [0.5, 0.6) is 5.88 Å². The van der Waals surface area contributed by atoms with Gasteiger partial charge in [-0.1, -0.05) is 0 Å². The Morgan fingerprint density at radius 1 is 1.50 bits per heavy atom. The molecule has 0 aliphatic carbocycles. The van der Waals surface area contributed by atoms with Crippen LogP contribution in [0.3, 0.4) is 0 Å². The molecule has 3 N–H and O–H groups in total. The largest absolute Gasteiger partial charge is 0.481 e. The second-order valence-corrected chi connectivity index (χ2v) is 2.79. The number of nitrogens with zero attached hydrogens (tertiary/aromatic N) is 1. The van der Waals surface area contributed by atoms with E-state index in [1.807, 2.05) is 0 Å². The van der Waals surface area contributed by atoms with E-state index < -0.39 is 0 Å². The van der Waals surface area contributed by atoms with Gasteiger partial charge in [0.2, 0.25) is 5.88 Å². The van der Waals surface area contributed by atoms with Gasteiger partial charge in [-0.05, 0) is 6.07 Å². The summed E-state index contributed by atoms with van der Waals surface area (Å²) in [6.45, 7) is -0.248. The molecule has 0 bridgehead atoms. The summed E-state index contributed by atoms with van der Waals surface area (Å²) in [6, 6.07) is 3.07. The van der Waals surface area contributed by atoms with Crippen LogP contribution in [-0.4, -0.2) is 41.6 Å². The second kappa shape index (κ2) is 5.41. The number of hydrogen-bond acceptors (Lipinski definition) is 5. The van der Waals surface area contributed by atoms with Crippen LogP contribution in [0.15, 0.2) is 18.3 Å². The van der Waals surface area contributed by atoms with Crippen LogP contribution in [0.1, 0.15) is 0 Å². The average molecular weight is 198 g/mol. The highest BCUT2D eigenvalue weighted by Gasteiger charge is 2.05. The van der Waals surface area contributed by atoms with Crippen molar-refractivity contribution < 1.29 is 14.9 Å². The summed E-state index contributed by atoms with van der Waals surface area (Å²) in [6.07, 6.45) is 1.59. The lowest BCUT2D eigenvalue weighted by Gasteiger charge is -2.14. The zero-order chi connectivity index (χ0) is 10.4. The Balaban J connectivity index is 2.65. The van der Waals surface area contributed by atoms with Gasteiger partial charge in [-0.25, -0.2) is 4.98 Å². The molecule has 0 fully saturated rings. The maximum absolute atomic E-state index is 8.84. The van der Waals surface area contributed by atoms with Crippen LogP contribution < -0.4 is 10.1 Å². The molecule has 0 aliphatic heterocycles. The van der Waals surface area contributed by atoms with E-state index in [2.05, 4.69) is 10.3 Å². The summed E-state index contributed by atoms with van der Waals surface area (Å²) < 4.78 is 4.93. The summed E-state index contributed by atoms with van der Waals surface area (Å²) >= 11 is 0. The Kier molecular flexibility index (Phi) is 4.15. The molecule has 5 heteroatoms. The van der Waals surface area contributed by atoms with Crippen molar-refractivity contribution in [3.8, 4) is 5.88 Å². The Bertz CT molecular complexity index is 277. The lowest BCUT2D eigenvalue weighted by atomic mass is 10.3. The normalized spacial score (nSPS) is 10.3. The van der Waals surface area contributed by atoms with Gasteiger partial charge in [-0.15, -0.1) is 0 Å². The first-order valence-electron chi connectivity index (χ1n) is 4.28. The molecular formula is C9H14N2O3. The van der Waals surface area contributed by atoms with Crippen molar-refractivity contribution in [2.75, 3.05) is 25.6 Å². The predicted molar refractivity (Wildman–Crippen MR) is 52.4 cm³/mol. The highest BCUT2D eigenvalue weighted by Crippen LogP contribution is 2.13. The van der Waals surface area contributed by atoms with Gasteiger partial charge in [0.25, 0.3) is 0 Å². The molecule has 0 unspecified atom stereocenters. The molecule has 0 saturated carbocycles. The predicted octanol–water partition coefficient (Wildman–Crippen LogP) is -0.145. The highest BCUT2D eigenvalue weighted by molar-refractivity contribution is 5.45. The fraction of sp³-hybridized carbons (Fsp3) is 0.444. The maximum atomic E-state index is 8.84. The van der Waals surface area contributed by atoms with Gasteiger partial charge in [-0.3, -0.25) is 0 Å². The number of hydrogen-bond donors (Lipinski definition) is 3. The van der Waals surface area contributed by atoms with E-state index in [4.69, 9.17) is 14.9 Å². The average Bonchev–Trinajstić information content (AvgIpc) is 2.26. The molecule has 14 heavy (non-hydrogen) atoms. The number of aliphatic hydroxyl groups excluding tert-OH is 2. The zero-order valence-corrected chi connectivity index (χ0v) is 7.97. The lowest BCUT2D eigenvalue weighted by molar-refractivity contribution is 0.204. The third kappa shape index (κ3) is 2.86. The smallest absolute Gasteiger partial charge is 0.214 e. The van der Waals surface area contributed by atoms with Gasteiger partial charge in [0.15, 0.2) is 0 Å². The van der Waals surface area contributed by atoms with Crippen molar-refractivity contribution in [3.63, 3.8) is 0 Å². The molecule has 1 aromatic heterocycles. The van der Waals surface area contributed by atoms with Crippen LogP contribution in [0, 0.1) is 0 Å². The van der Waals surface area contributed by atoms with Crippen LogP contribution in [0.4, 0.5) is 5.69 Å². The Labute approximate surface area is 82.4 Å². The third-order valence-electron chi connectivity index (χ3n) is 1.76. The molecular weight excluding hydrogens is 184 g/mol. The van der Waals surface area contributed by atoms with E-state index in [1.54, 1.807) is 18.3 Å². The molecule has 5 nitrogen and oxygen atoms in total. The van der Waals surface area contributed by atoms with Gasteiger partial charge < -0.3 is 20.3 Å². The summed E-state index contributed by atoms with van der Waals surface area (Å²) in [7, 11) is 1.53. The fourth-order valence-electron chi connectivity index (χ4n) is 0.996. The summed E-state index contributed by atoms with van der Waals surface area (Å²) in [5, 5.41) is 20.6. The SMILES string of the molecule is COc1cc(NC(CO)CO)ccn1. The first-order valence-corrected chi connectivity index (χ1v) is 4.28. The van der Waals surface area contributed by atoms with E-state index in [9.17, 15) is 0 Å². The minimum Gasteiger partial charge on any atom is -0.481 e. The minimum atomic E-state index is -0.359.